The molecule has 1 unspecified atom stereocenters. The van der Waals surface area contributed by atoms with Gasteiger partial charge in [0.05, 0.1) is 10.6 Å². The molecule has 2 N–H and O–H groups in total. The topological polar surface area (TPSA) is 58.2 Å². The summed E-state index contributed by atoms with van der Waals surface area (Å²) < 4.78 is 60.7. The van der Waals surface area contributed by atoms with E-state index in [1.165, 1.54) is 18.2 Å². The number of nitrogens with one attached hydrogen (secondary N) is 2. The molecule has 8 heteroatoms. The van der Waals surface area contributed by atoms with Crippen molar-refractivity contribution in [3.05, 3.63) is 24.3 Å². The van der Waals surface area contributed by atoms with Gasteiger partial charge in [-0.05, 0) is 25.1 Å². The highest BCUT2D eigenvalue weighted by atomic mass is 32.2. The molecule has 1 aromatic carbocycles. The second-order valence-corrected chi connectivity index (χ2v) is 6.19. The van der Waals surface area contributed by atoms with Crippen molar-refractivity contribution in [2.24, 2.45) is 0 Å². The van der Waals surface area contributed by atoms with Gasteiger partial charge in [-0.15, -0.1) is 0 Å². The van der Waals surface area contributed by atoms with Crippen LogP contribution < -0.4 is 10.6 Å². The van der Waals surface area contributed by atoms with E-state index >= 15 is 0 Å². The van der Waals surface area contributed by atoms with E-state index in [2.05, 4.69) is 10.6 Å². The maximum Gasteiger partial charge on any atom is 0.501 e. The highest BCUT2D eigenvalue weighted by Crippen LogP contribution is 2.34. The number of halogens is 3. The number of benzene rings is 1. The molecule has 2 rings (SSSR count). The summed E-state index contributed by atoms with van der Waals surface area (Å²) in [6, 6.07) is 5.02. The lowest BCUT2D eigenvalue weighted by Crippen LogP contribution is -2.27. The summed E-state index contributed by atoms with van der Waals surface area (Å²) in [5, 5.41) is 5.89. The van der Waals surface area contributed by atoms with Crippen molar-refractivity contribution in [2.75, 3.05) is 18.4 Å². The molecule has 0 aromatic heterocycles. The van der Waals surface area contributed by atoms with Gasteiger partial charge < -0.3 is 10.6 Å². The summed E-state index contributed by atoms with van der Waals surface area (Å²) in [6.45, 7) is 1.35. The fraction of sp³-hybridized carbons (Fsp3) is 0.455. The van der Waals surface area contributed by atoms with Crippen molar-refractivity contribution in [1.29, 1.82) is 0 Å². The summed E-state index contributed by atoms with van der Waals surface area (Å²) >= 11 is 0. The minimum atomic E-state index is -5.33. The Labute approximate surface area is 108 Å². The van der Waals surface area contributed by atoms with E-state index in [0.29, 0.717) is 6.54 Å². The van der Waals surface area contributed by atoms with E-state index in [4.69, 9.17) is 0 Å². The van der Waals surface area contributed by atoms with Crippen molar-refractivity contribution >= 4 is 15.5 Å². The minimum Gasteiger partial charge on any atom is -0.380 e. The summed E-state index contributed by atoms with van der Waals surface area (Å²) in [5.41, 5.74) is -5.30. The third-order valence-corrected chi connectivity index (χ3v) is 4.45. The Balaban J connectivity index is 2.36. The smallest absolute Gasteiger partial charge is 0.380 e. The van der Waals surface area contributed by atoms with E-state index < -0.39 is 20.2 Å². The van der Waals surface area contributed by atoms with Crippen LogP contribution in [-0.2, 0) is 9.84 Å². The van der Waals surface area contributed by atoms with Gasteiger partial charge in [0.25, 0.3) is 9.84 Å². The molecule has 0 bridgehead atoms. The van der Waals surface area contributed by atoms with Crippen molar-refractivity contribution in [3.8, 4) is 0 Å². The summed E-state index contributed by atoms with van der Waals surface area (Å²) in [4.78, 5) is -0.727. The fourth-order valence-electron chi connectivity index (χ4n) is 1.94. The molecule has 0 amide bonds. The van der Waals surface area contributed by atoms with Gasteiger partial charge in [-0.3, -0.25) is 0 Å². The first kappa shape index (κ1) is 14.1. The molecule has 0 spiro atoms. The Kier molecular flexibility index (Phi) is 3.73. The number of anilines is 1. The predicted molar refractivity (Wildman–Crippen MR) is 64.6 cm³/mol. The van der Waals surface area contributed by atoms with Crippen LogP contribution in [0.15, 0.2) is 29.2 Å². The van der Waals surface area contributed by atoms with E-state index in [0.717, 1.165) is 19.0 Å². The SMILES string of the molecule is O=S(=O)(c1ccccc1NC1CCNC1)C(F)(F)F. The standard InChI is InChI=1S/C11H13F3N2O2S/c12-11(13,14)19(17,18)10-4-2-1-3-9(10)16-8-5-6-15-7-8/h1-4,8,15-16H,5-7H2. The maximum atomic E-state index is 12.6. The van der Waals surface area contributed by atoms with Gasteiger partial charge in [0.1, 0.15) is 0 Å². The van der Waals surface area contributed by atoms with Gasteiger partial charge in [0, 0.05) is 12.6 Å². The molecule has 1 aliphatic rings. The van der Waals surface area contributed by atoms with E-state index in [1.807, 2.05) is 0 Å². The van der Waals surface area contributed by atoms with Crippen LogP contribution in [-0.4, -0.2) is 33.1 Å². The van der Waals surface area contributed by atoms with Crippen molar-refractivity contribution in [3.63, 3.8) is 0 Å². The molecule has 19 heavy (non-hydrogen) atoms. The Morgan fingerprint density at radius 3 is 2.53 bits per heavy atom. The van der Waals surface area contributed by atoms with Crippen molar-refractivity contribution < 1.29 is 21.6 Å². The molecule has 0 radical (unpaired) electrons. The van der Waals surface area contributed by atoms with Crippen molar-refractivity contribution in [2.45, 2.75) is 22.9 Å². The molecule has 1 atom stereocenters. The Morgan fingerprint density at radius 2 is 1.95 bits per heavy atom. The molecule has 1 aromatic rings. The van der Waals surface area contributed by atoms with Crippen LogP contribution in [0.5, 0.6) is 0 Å². The van der Waals surface area contributed by atoms with Crippen LogP contribution in [0.25, 0.3) is 0 Å². The number of para-hydroxylation sites is 1. The quantitative estimate of drug-likeness (QED) is 0.892. The highest BCUT2D eigenvalue weighted by molar-refractivity contribution is 7.92. The average molecular weight is 294 g/mol. The molecule has 1 saturated heterocycles. The van der Waals surface area contributed by atoms with Gasteiger partial charge in [-0.25, -0.2) is 8.42 Å². The number of alkyl halides is 3. The monoisotopic (exact) mass is 294 g/mol. The minimum absolute atomic E-state index is 0.00600. The highest BCUT2D eigenvalue weighted by Gasteiger charge is 2.48. The van der Waals surface area contributed by atoms with Crippen LogP contribution in [0.3, 0.4) is 0 Å². The predicted octanol–water partition coefficient (Wildman–Crippen LogP) is 1.75. The Morgan fingerprint density at radius 1 is 1.26 bits per heavy atom. The first-order chi connectivity index (χ1) is 8.82. The zero-order valence-electron chi connectivity index (χ0n) is 9.87. The number of hydrogen-bond acceptors (Lipinski definition) is 4. The van der Waals surface area contributed by atoms with Gasteiger partial charge >= 0.3 is 5.51 Å². The Bertz CT molecular complexity index is 551. The second-order valence-electron chi connectivity index (χ2n) is 4.28. The normalized spacial score (nSPS) is 20.5. The lowest BCUT2D eigenvalue weighted by Gasteiger charge is -2.17. The van der Waals surface area contributed by atoms with Crippen LogP contribution >= 0.6 is 0 Å². The van der Waals surface area contributed by atoms with Crippen molar-refractivity contribution in [1.82, 2.24) is 5.32 Å². The Hall–Kier alpha value is -1.28. The average Bonchev–Trinajstić information content (AvgIpc) is 2.81. The molecule has 1 heterocycles. The van der Waals surface area contributed by atoms with Gasteiger partial charge in [-0.2, -0.15) is 13.2 Å². The molecule has 4 nitrogen and oxygen atoms in total. The first-order valence-corrected chi connectivity index (χ1v) is 7.18. The first-order valence-electron chi connectivity index (χ1n) is 5.70. The molecular weight excluding hydrogens is 281 g/mol. The summed E-state index contributed by atoms with van der Waals surface area (Å²) in [6.07, 6.45) is 0.737. The zero-order valence-corrected chi connectivity index (χ0v) is 10.7. The van der Waals surface area contributed by atoms with Crippen LogP contribution in [0.2, 0.25) is 0 Å². The lowest BCUT2D eigenvalue weighted by molar-refractivity contribution is -0.0435. The van der Waals surface area contributed by atoms with E-state index in [-0.39, 0.29) is 11.7 Å². The zero-order chi connectivity index (χ0) is 14.1. The number of sulfone groups is 1. The van der Waals surface area contributed by atoms with Crippen LogP contribution in [0.4, 0.5) is 18.9 Å². The molecule has 106 valence electrons. The molecule has 0 saturated carbocycles. The third kappa shape index (κ3) is 2.84. The maximum absolute atomic E-state index is 12.6. The summed E-state index contributed by atoms with van der Waals surface area (Å²) in [5.74, 6) is 0. The van der Waals surface area contributed by atoms with Crippen LogP contribution in [0.1, 0.15) is 6.42 Å². The van der Waals surface area contributed by atoms with Gasteiger partial charge in [0.2, 0.25) is 0 Å². The van der Waals surface area contributed by atoms with Crippen LogP contribution in [0, 0.1) is 0 Å². The largest absolute Gasteiger partial charge is 0.501 e. The van der Waals surface area contributed by atoms with E-state index in [1.54, 1.807) is 0 Å². The molecular formula is C11H13F3N2O2S. The second kappa shape index (κ2) is 5.01. The number of hydrogen-bond donors (Lipinski definition) is 2. The molecule has 0 aliphatic carbocycles. The third-order valence-electron chi connectivity index (χ3n) is 2.90. The summed E-state index contributed by atoms with van der Waals surface area (Å²) in [7, 11) is -5.33. The van der Waals surface area contributed by atoms with Gasteiger partial charge in [-0.1, -0.05) is 12.1 Å². The fourth-order valence-corrected chi connectivity index (χ4v) is 2.87. The number of rotatable bonds is 3. The van der Waals surface area contributed by atoms with E-state index in [9.17, 15) is 21.6 Å². The lowest BCUT2D eigenvalue weighted by atomic mass is 10.2. The van der Waals surface area contributed by atoms with Gasteiger partial charge in [0.15, 0.2) is 0 Å². The molecule has 1 aliphatic heterocycles. The molecule has 1 fully saturated rings.